The van der Waals surface area contributed by atoms with Crippen molar-refractivity contribution < 1.29 is 14.2 Å². The van der Waals surface area contributed by atoms with Crippen LogP contribution in [0.15, 0.2) is 24.3 Å². The number of rotatable bonds is 4. The van der Waals surface area contributed by atoms with Gasteiger partial charge in [0.25, 0.3) is 0 Å². The summed E-state index contributed by atoms with van der Waals surface area (Å²) < 4.78 is 17.8. The van der Waals surface area contributed by atoms with Gasteiger partial charge in [-0.15, -0.1) is 0 Å². The highest BCUT2D eigenvalue weighted by atomic mass is 19.1. The molecular weight excluding hydrogens is 183 g/mol. The minimum Gasteiger partial charge on any atom is -0.385 e. The smallest absolute Gasteiger partial charge is 0.123 e. The Balaban J connectivity index is 2.80. The van der Waals surface area contributed by atoms with Crippen molar-refractivity contribution in [3.05, 3.63) is 35.6 Å². The van der Waals surface area contributed by atoms with Crippen LogP contribution in [-0.4, -0.2) is 18.8 Å². The molecule has 0 saturated heterocycles. The van der Waals surface area contributed by atoms with Crippen molar-refractivity contribution in [2.24, 2.45) is 0 Å². The number of methoxy groups -OCH3 is 1. The number of halogens is 1. The van der Waals surface area contributed by atoms with Gasteiger partial charge in [0.1, 0.15) is 5.82 Å². The Bertz CT molecular complexity index is 297. The van der Waals surface area contributed by atoms with E-state index >= 15 is 0 Å². The summed E-state index contributed by atoms with van der Waals surface area (Å²) in [6.07, 6.45) is 0.451. The van der Waals surface area contributed by atoms with E-state index in [0.29, 0.717) is 18.6 Å². The van der Waals surface area contributed by atoms with Gasteiger partial charge in [-0.1, -0.05) is 12.1 Å². The predicted octanol–water partition coefficient (Wildman–Crippen LogP) is 2.07. The Morgan fingerprint density at radius 3 is 2.79 bits per heavy atom. The molecule has 0 amide bonds. The summed E-state index contributed by atoms with van der Waals surface area (Å²) in [5.41, 5.74) is -0.451. The van der Waals surface area contributed by atoms with E-state index in [0.717, 1.165) is 0 Å². The molecule has 2 nitrogen and oxygen atoms in total. The highest BCUT2D eigenvalue weighted by molar-refractivity contribution is 5.22. The molecule has 0 aliphatic heterocycles. The minimum absolute atomic E-state index is 0.333. The van der Waals surface area contributed by atoms with Crippen molar-refractivity contribution in [1.29, 1.82) is 0 Å². The molecule has 1 unspecified atom stereocenters. The maximum Gasteiger partial charge on any atom is 0.123 e. The zero-order chi connectivity index (χ0) is 10.6. The van der Waals surface area contributed by atoms with Crippen LogP contribution in [-0.2, 0) is 10.3 Å². The van der Waals surface area contributed by atoms with Crippen LogP contribution < -0.4 is 0 Å². The highest BCUT2D eigenvalue weighted by Gasteiger charge is 2.22. The first-order valence-corrected chi connectivity index (χ1v) is 4.53. The number of benzene rings is 1. The van der Waals surface area contributed by atoms with E-state index in [1.165, 1.54) is 12.1 Å². The lowest BCUT2D eigenvalue weighted by Crippen LogP contribution is -2.23. The Kier molecular flexibility index (Phi) is 3.61. The Labute approximate surface area is 83.3 Å². The van der Waals surface area contributed by atoms with Crippen molar-refractivity contribution in [3.8, 4) is 0 Å². The van der Waals surface area contributed by atoms with Crippen LogP contribution in [0.25, 0.3) is 0 Å². The van der Waals surface area contributed by atoms with Crippen molar-refractivity contribution in [2.45, 2.75) is 18.9 Å². The number of aliphatic hydroxyl groups is 1. The van der Waals surface area contributed by atoms with Gasteiger partial charge >= 0.3 is 0 Å². The van der Waals surface area contributed by atoms with Crippen molar-refractivity contribution in [1.82, 2.24) is 0 Å². The summed E-state index contributed by atoms with van der Waals surface area (Å²) in [6, 6.07) is 6.00. The molecule has 1 aromatic rings. The van der Waals surface area contributed by atoms with Gasteiger partial charge < -0.3 is 9.84 Å². The topological polar surface area (TPSA) is 29.5 Å². The Hall–Kier alpha value is -0.930. The molecule has 1 atom stereocenters. The molecule has 0 spiro atoms. The van der Waals surface area contributed by atoms with Gasteiger partial charge in [0.05, 0.1) is 5.60 Å². The van der Waals surface area contributed by atoms with Crippen LogP contribution in [0.1, 0.15) is 18.9 Å². The molecule has 0 saturated carbocycles. The molecule has 1 N–H and O–H groups in total. The van der Waals surface area contributed by atoms with Gasteiger partial charge in [0.2, 0.25) is 0 Å². The summed E-state index contributed by atoms with van der Waals surface area (Å²) in [6.45, 7) is 2.10. The van der Waals surface area contributed by atoms with Crippen molar-refractivity contribution >= 4 is 0 Å². The second-order valence-electron chi connectivity index (χ2n) is 3.53. The molecule has 0 radical (unpaired) electrons. The van der Waals surface area contributed by atoms with E-state index in [1.807, 2.05) is 0 Å². The minimum atomic E-state index is -1.03. The van der Waals surface area contributed by atoms with E-state index in [-0.39, 0.29) is 5.82 Å². The molecule has 0 aliphatic rings. The van der Waals surface area contributed by atoms with Gasteiger partial charge in [-0.3, -0.25) is 0 Å². The summed E-state index contributed by atoms with van der Waals surface area (Å²) in [7, 11) is 1.57. The fraction of sp³-hybridized carbons (Fsp3) is 0.455. The van der Waals surface area contributed by atoms with Crippen LogP contribution in [0.4, 0.5) is 4.39 Å². The van der Waals surface area contributed by atoms with Crippen LogP contribution >= 0.6 is 0 Å². The third kappa shape index (κ3) is 2.79. The molecule has 1 aromatic carbocycles. The van der Waals surface area contributed by atoms with Crippen LogP contribution in [0.5, 0.6) is 0 Å². The normalized spacial score (nSPS) is 15.1. The van der Waals surface area contributed by atoms with E-state index in [2.05, 4.69) is 0 Å². The first-order chi connectivity index (χ1) is 6.56. The highest BCUT2D eigenvalue weighted by Crippen LogP contribution is 2.24. The second-order valence-corrected chi connectivity index (χ2v) is 3.53. The quantitative estimate of drug-likeness (QED) is 0.802. The third-order valence-electron chi connectivity index (χ3n) is 2.24. The lowest BCUT2D eigenvalue weighted by molar-refractivity contribution is 0.0208. The molecule has 78 valence electrons. The zero-order valence-electron chi connectivity index (χ0n) is 8.46. The molecule has 0 bridgehead atoms. The summed E-state index contributed by atoms with van der Waals surface area (Å²) in [5, 5.41) is 9.99. The molecule has 0 aromatic heterocycles. The van der Waals surface area contributed by atoms with E-state index in [9.17, 15) is 9.50 Å². The molecule has 1 rings (SSSR count). The van der Waals surface area contributed by atoms with Crippen molar-refractivity contribution in [3.63, 3.8) is 0 Å². The van der Waals surface area contributed by atoms with Gasteiger partial charge in [0.15, 0.2) is 0 Å². The number of hydrogen-bond donors (Lipinski definition) is 1. The van der Waals surface area contributed by atoms with Gasteiger partial charge in [-0.05, 0) is 24.6 Å². The zero-order valence-corrected chi connectivity index (χ0v) is 8.46. The van der Waals surface area contributed by atoms with Crippen molar-refractivity contribution in [2.75, 3.05) is 13.7 Å². The first-order valence-electron chi connectivity index (χ1n) is 4.53. The first kappa shape index (κ1) is 11.1. The molecular formula is C11H15FO2. The van der Waals surface area contributed by atoms with Crippen LogP contribution in [0, 0.1) is 5.82 Å². The Morgan fingerprint density at radius 2 is 2.21 bits per heavy atom. The Morgan fingerprint density at radius 1 is 1.50 bits per heavy atom. The molecule has 0 fully saturated rings. The fourth-order valence-electron chi connectivity index (χ4n) is 1.27. The van der Waals surface area contributed by atoms with E-state index in [4.69, 9.17) is 4.74 Å². The van der Waals surface area contributed by atoms with Crippen LogP contribution in [0.2, 0.25) is 0 Å². The predicted molar refractivity (Wildman–Crippen MR) is 52.5 cm³/mol. The molecule has 0 aliphatic carbocycles. The second kappa shape index (κ2) is 4.53. The largest absolute Gasteiger partial charge is 0.385 e. The van der Waals surface area contributed by atoms with Gasteiger partial charge in [-0.25, -0.2) is 4.39 Å². The SMILES string of the molecule is COCCC(C)(O)c1cccc(F)c1. The van der Waals surface area contributed by atoms with Gasteiger partial charge in [0, 0.05) is 20.1 Å². The molecule has 0 heterocycles. The summed E-state index contributed by atoms with van der Waals surface area (Å²) >= 11 is 0. The van der Waals surface area contributed by atoms with Gasteiger partial charge in [-0.2, -0.15) is 0 Å². The summed E-state index contributed by atoms with van der Waals surface area (Å²) in [4.78, 5) is 0. The maximum atomic E-state index is 12.9. The lowest BCUT2D eigenvalue weighted by Gasteiger charge is -2.23. The average molecular weight is 198 g/mol. The average Bonchev–Trinajstić information content (AvgIpc) is 2.15. The van der Waals surface area contributed by atoms with E-state index < -0.39 is 5.60 Å². The summed E-state index contributed by atoms with van der Waals surface area (Å²) in [5.74, 6) is -0.333. The number of hydrogen-bond acceptors (Lipinski definition) is 2. The monoisotopic (exact) mass is 198 g/mol. The van der Waals surface area contributed by atoms with E-state index in [1.54, 1.807) is 26.2 Å². The molecule has 14 heavy (non-hydrogen) atoms. The standard InChI is InChI=1S/C11H15FO2/c1-11(13,6-7-14-2)9-4-3-5-10(12)8-9/h3-5,8,13H,6-7H2,1-2H3. The number of ether oxygens (including phenoxy) is 1. The third-order valence-corrected chi connectivity index (χ3v) is 2.24. The maximum absolute atomic E-state index is 12.9. The lowest BCUT2D eigenvalue weighted by atomic mass is 9.93. The van der Waals surface area contributed by atoms with Crippen LogP contribution in [0.3, 0.4) is 0 Å². The fourth-order valence-corrected chi connectivity index (χ4v) is 1.27. The molecule has 3 heteroatoms.